The summed E-state index contributed by atoms with van der Waals surface area (Å²) in [5.41, 5.74) is -0.302. The molecule has 0 spiro atoms. The average Bonchev–Trinajstić information content (AvgIpc) is 2.82. The Balaban J connectivity index is 2.27. The molecule has 1 saturated heterocycles. The Bertz CT molecular complexity index is 1130. The maximum atomic E-state index is 12.2. The molecule has 2 rings (SSSR count). The maximum absolute atomic E-state index is 12.2. The molecule has 0 bridgehead atoms. The minimum atomic E-state index is -5.89. The fraction of sp³-hybridized carbons (Fsp3) is 0.636. The van der Waals surface area contributed by atoms with Crippen molar-refractivity contribution in [2.75, 3.05) is 6.56 Å². The van der Waals surface area contributed by atoms with Crippen LogP contribution in [-0.4, -0.2) is 53.0 Å². The summed E-state index contributed by atoms with van der Waals surface area (Å²) in [6.07, 6.45) is -3.75. The van der Waals surface area contributed by atoms with Crippen molar-refractivity contribution in [3.8, 4) is 0 Å². The second-order valence-corrected chi connectivity index (χ2v) is 10.8. The predicted molar refractivity (Wildman–Crippen MR) is 99.5 cm³/mol. The van der Waals surface area contributed by atoms with Crippen molar-refractivity contribution in [1.82, 2.24) is 9.55 Å². The maximum Gasteiger partial charge on any atom is 0.490 e. The molecule has 6 atom stereocenters. The van der Waals surface area contributed by atoms with E-state index in [4.69, 9.17) is 34.4 Å². The lowest BCUT2D eigenvalue weighted by Gasteiger charge is -2.19. The molecule has 1 aromatic rings. The molecule has 0 amide bonds. The van der Waals surface area contributed by atoms with Crippen LogP contribution >= 0.6 is 35.7 Å². The third-order valence-electron chi connectivity index (χ3n) is 3.70. The highest BCUT2D eigenvalue weighted by Gasteiger charge is 2.45. The van der Waals surface area contributed by atoms with Crippen LogP contribution < -0.4 is 5.69 Å². The van der Waals surface area contributed by atoms with Crippen molar-refractivity contribution in [2.24, 2.45) is 5.92 Å². The number of phosphoric acid groups is 3. The van der Waals surface area contributed by atoms with Crippen LogP contribution in [0.2, 0.25) is 0 Å². The van der Waals surface area contributed by atoms with E-state index < -0.39 is 60.1 Å². The van der Waals surface area contributed by atoms with Gasteiger partial charge < -0.3 is 29.4 Å². The molecule has 0 aromatic carbocycles. The number of aromatic nitrogens is 2. The van der Waals surface area contributed by atoms with Crippen LogP contribution in [-0.2, 0) is 31.6 Å². The summed E-state index contributed by atoms with van der Waals surface area (Å²) in [7, 11) is -17.4. The Kier molecular flexibility index (Phi) is 6.88. The predicted octanol–water partition coefficient (Wildman–Crippen LogP) is 0.452. The van der Waals surface area contributed by atoms with Crippen LogP contribution in [0.1, 0.15) is 21.5 Å². The number of nitrogens with zero attached hydrogens (tertiary/aromatic N) is 1. The van der Waals surface area contributed by atoms with Crippen molar-refractivity contribution in [2.45, 2.75) is 32.3 Å². The summed E-state index contributed by atoms with van der Waals surface area (Å²) in [6.45, 7) is -0.439. The molecule has 1 aliphatic heterocycles. The van der Waals surface area contributed by atoms with Crippen LogP contribution in [0.3, 0.4) is 0 Å². The number of phosphoric ester groups is 1. The van der Waals surface area contributed by atoms with Gasteiger partial charge in [-0.3, -0.25) is 14.1 Å². The van der Waals surface area contributed by atoms with Crippen molar-refractivity contribution >= 4 is 35.7 Å². The number of rotatable bonds is 8. The van der Waals surface area contributed by atoms with Crippen LogP contribution in [0.15, 0.2) is 11.0 Å². The Labute approximate surface area is 176 Å². The van der Waals surface area contributed by atoms with Crippen molar-refractivity contribution in [3.63, 3.8) is 0 Å². The van der Waals surface area contributed by atoms with Crippen molar-refractivity contribution < 1.29 is 59.0 Å². The number of hydrogen-bond acceptors (Lipinski definition) is 10. The summed E-state index contributed by atoms with van der Waals surface area (Å²) >= 11 is 4.93. The van der Waals surface area contributed by atoms with E-state index in [2.05, 4.69) is 18.1 Å². The quantitative estimate of drug-likeness (QED) is 0.205. The molecule has 2 heterocycles. The fourth-order valence-electron chi connectivity index (χ4n) is 2.41. The molecular formula is C11H19N2O13P3S. The van der Waals surface area contributed by atoms with Gasteiger partial charge in [0.05, 0.1) is 15.4 Å². The van der Waals surface area contributed by atoms with E-state index in [0.29, 0.717) is 5.56 Å². The first-order chi connectivity index (χ1) is 14.2. The minimum Gasteiger partial charge on any atom is -0.390 e. The highest BCUT2D eigenvalue weighted by atomic mass is 32.1. The fourth-order valence-corrected chi connectivity index (χ4v) is 5.42. The lowest BCUT2D eigenvalue weighted by molar-refractivity contribution is -0.0468. The Morgan fingerprint density at radius 2 is 1.87 bits per heavy atom. The van der Waals surface area contributed by atoms with E-state index in [0.717, 1.165) is 4.57 Å². The highest BCUT2D eigenvalue weighted by Crippen LogP contribution is 2.66. The zero-order chi connectivity index (χ0) is 24.9. The van der Waals surface area contributed by atoms with Gasteiger partial charge in [-0.15, -0.1) is 0 Å². The number of aryl methyl sites for hydroxylation is 1. The molecule has 1 aliphatic rings. The molecule has 0 radical (unpaired) electrons. The molecule has 19 heteroatoms. The molecule has 15 nitrogen and oxygen atoms in total. The zero-order valence-corrected chi connectivity index (χ0v) is 18.6. The van der Waals surface area contributed by atoms with Gasteiger partial charge in [0.1, 0.15) is 17.0 Å². The average molecular weight is 514 g/mol. The SMILES string of the molecule is [2H]C([2H])(OP(=O)(O)OP(=O)(O)OP(=O)(O)O)[C@@H]1O[C@H](n2cc(C)c(=S)[nH]c2=O)[C@H](C)C1O. The number of H-pyrrole nitrogens is 1. The molecule has 0 aliphatic carbocycles. The van der Waals surface area contributed by atoms with E-state index in [-0.39, 0.29) is 4.64 Å². The molecule has 3 unspecified atom stereocenters. The largest absolute Gasteiger partial charge is 0.490 e. The summed E-state index contributed by atoms with van der Waals surface area (Å²) in [6, 6.07) is 0. The number of aliphatic hydroxyl groups excluding tert-OH is 1. The number of hydrogen-bond donors (Lipinski definition) is 6. The highest BCUT2D eigenvalue weighted by molar-refractivity contribution is 7.71. The van der Waals surface area contributed by atoms with E-state index in [1.165, 1.54) is 13.1 Å². The van der Waals surface area contributed by atoms with E-state index in [9.17, 15) is 28.5 Å². The zero-order valence-electron chi connectivity index (χ0n) is 17.1. The monoisotopic (exact) mass is 514 g/mol. The molecule has 30 heavy (non-hydrogen) atoms. The number of ether oxygens (including phenoxy) is 1. The topological polar surface area (TPSA) is 227 Å². The van der Waals surface area contributed by atoms with Gasteiger partial charge in [-0.1, -0.05) is 19.1 Å². The molecule has 1 fully saturated rings. The standard InChI is InChI=1S/C11H19N2O13P3S/c1-5-3-13(11(15)12-9(5)30)10-6(2)8(14)7(24-10)4-23-28(19,20)26-29(21,22)25-27(16,17)18/h3,6-8,10,14H,4H2,1-2H3,(H,19,20)(H,21,22)(H,12,15,30)(H2,16,17,18)/t6-,7+,8?,10+/m1/s1/i4D2. The Morgan fingerprint density at radius 3 is 2.43 bits per heavy atom. The second-order valence-electron chi connectivity index (χ2n) is 6.08. The van der Waals surface area contributed by atoms with Gasteiger partial charge in [-0.2, -0.15) is 8.62 Å². The first-order valence-electron chi connectivity index (χ1n) is 8.75. The van der Waals surface area contributed by atoms with Crippen LogP contribution in [0, 0.1) is 17.5 Å². The summed E-state index contributed by atoms with van der Waals surface area (Å²) in [4.78, 5) is 50.3. The number of aliphatic hydroxyl groups is 1. The smallest absolute Gasteiger partial charge is 0.390 e. The second kappa shape index (κ2) is 9.12. The van der Waals surface area contributed by atoms with Gasteiger partial charge in [0.25, 0.3) is 0 Å². The van der Waals surface area contributed by atoms with Gasteiger partial charge in [0.15, 0.2) is 0 Å². The van der Waals surface area contributed by atoms with Gasteiger partial charge >= 0.3 is 29.2 Å². The van der Waals surface area contributed by atoms with Crippen LogP contribution in [0.25, 0.3) is 0 Å². The minimum absolute atomic E-state index is 0.136. The third kappa shape index (κ3) is 6.71. The molecular weight excluding hydrogens is 493 g/mol. The van der Waals surface area contributed by atoms with Crippen molar-refractivity contribution in [3.05, 3.63) is 26.9 Å². The van der Waals surface area contributed by atoms with Gasteiger partial charge in [0.2, 0.25) is 0 Å². The summed E-state index contributed by atoms with van der Waals surface area (Å²) < 4.78 is 67.4. The first-order valence-corrected chi connectivity index (χ1v) is 12.7. The van der Waals surface area contributed by atoms with E-state index >= 15 is 0 Å². The van der Waals surface area contributed by atoms with E-state index in [1.54, 1.807) is 6.92 Å². The summed E-state index contributed by atoms with van der Waals surface area (Å²) in [5.74, 6) is -0.971. The Hall–Kier alpha value is -0.570. The van der Waals surface area contributed by atoms with Crippen LogP contribution in [0.4, 0.5) is 0 Å². The lowest BCUT2D eigenvalue weighted by atomic mass is 10.0. The van der Waals surface area contributed by atoms with Crippen molar-refractivity contribution in [1.29, 1.82) is 0 Å². The molecule has 6 N–H and O–H groups in total. The number of aromatic amines is 1. The lowest BCUT2D eigenvalue weighted by Crippen LogP contribution is -2.31. The van der Waals surface area contributed by atoms with E-state index in [1.807, 2.05) is 0 Å². The molecule has 1 aromatic heterocycles. The molecule has 0 saturated carbocycles. The Morgan fingerprint density at radius 1 is 1.27 bits per heavy atom. The number of nitrogens with one attached hydrogen (secondary N) is 1. The van der Waals surface area contributed by atoms with Gasteiger partial charge in [-0.05, 0) is 6.92 Å². The first kappa shape index (κ1) is 22.6. The normalized spacial score (nSPS) is 30.2. The molecule has 172 valence electrons. The van der Waals surface area contributed by atoms with Gasteiger partial charge in [0, 0.05) is 17.7 Å². The van der Waals surface area contributed by atoms with Crippen LogP contribution in [0.5, 0.6) is 0 Å². The van der Waals surface area contributed by atoms with Gasteiger partial charge in [-0.25, -0.2) is 18.5 Å². The third-order valence-corrected chi connectivity index (χ3v) is 7.79. The summed E-state index contributed by atoms with van der Waals surface area (Å²) in [5, 5.41) is 10.4.